The number of nitrogens with zero attached hydrogens (tertiary/aromatic N) is 4. The van der Waals surface area contributed by atoms with Crippen molar-refractivity contribution < 1.29 is 4.79 Å². The molecule has 0 unspecified atom stereocenters. The average molecular weight is 864 g/mol. The summed E-state index contributed by atoms with van der Waals surface area (Å²) in [5, 5.41) is 15.8. The molecule has 348 valence electrons. The Morgan fingerprint density at radius 1 is 0.730 bits per heavy atom. The summed E-state index contributed by atoms with van der Waals surface area (Å²) in [4.78, 5) is 28.7. The zero-order valence-corrected chi connectivity index (χ0v) is 39.8. The molecular weight excluding hydrogens is 779 g/mol. The molecule has 7 N–H and O–H groups in total. The molecule has 0 bridgehead atoms. The molecule has 63 heavy (non-hydrogen) atoms. The highest BCUT2D eigenvalue weighted by molar-refractivity contribution is 6.16. The van der Waals surface area contributed by atoms with Crippen molar-refractivity contribution in [2.75, 3.05) is 30.8 Å². The standard InChI is InChI=1S/C53H85N9O/c1-4-44-32-33-46(38-48(44)61-42(2)55)51(56)50-52(57-3)59-41-60-53(50)58-39-43-30-31-47-40-62(36-34-45(47)37-43)49(63)29-27-25-23-21-19-17-15-13-11-9-7-5-6-8-10-12-14-16-18-20-22-24-26-28-35-54/h30-33,37-38,41,56H,4-29,34-36,39-40,54H2,1-3H3,(H2,55,61)(H2,57,58,59,60). The summed E-state index contributed by atoms with van der Waals surface area (Å²) >= 11 is 0. The molecule has 1 aromatic heterocycles. The number of fused-ring (bicyclic) bond motifs is 1. The second-order valence-corrected chi connectivity index (χ2v) is 18.1. The van der Waals surface area contributed by atoms with Crippen LogP contribution in [-0.4, -0.2) is 52.5 Å². The van der Waals surface area contributed by atoms with E-state index < -0.39 is 0 Å². The van der Waals surface area contributed by atoms with Crippen LogP contribution in [0.5, 0.6) is 0 Å². The van der Waals surface area contributed by atoms with Gasteiger partial charge < -0.3 is 27.0 Å². The maximum Gasteiger partial charge on any atom is 0.222 e. The first-order chi connectivity index (χ1) is 30.8. The highest BCUT2D eigenvalue weighted by Gasteiger charge is 2.22. The van der Waals surface area contributed by atoms with Crippen molar-refractivity contribution in [1.82, 2.24) is 14.9 Å². The lowest BCUT2D eigenvalue weighted by atomic mass is 9.96. The van der Waals surface area contributed by atoms with E-state index >= 15 is 0 Å². The van der Waals surface area contributed by atoms with E-state index in [1.54, 1.807) is 14.0 Å². The number of aryl methyl sites for hydroxylation is 1. The average Bonchev–Trinajstić information content (AvgIpc) is 3.29. The largest absolute Gasteiger partial charge is 0.387 e. The van der Waals surface area contributed by atoms with Crippen molar-refractivity contribution in [3.63, 3.8) is 0 Å². The number of unbranched alkanes of at least 4 members (excludes halogenated alkanes) is 23. The maximum absolute atomic E-state index is 13.2. The third-order valence-electron chi connectivity index (χ3n) is 12.8. The molecule has 0 atom stereocenters. The van der Waals surface area contributed by atoms with E-state index in [4.69, 9.17) is 11.5 Å². The van der Waals surface area contributed by atoms with Crippen molar-refractivity contribution in [2.45, 2.75) is 200 Å². The molecule has 0 spiro atoms. The number of hydrogen-bond donors (Lipinski definition) is 5. The Morgan fingerprint density at radius 3 is 1.79 bits per heavy atom. The number of rotatable bonds is 34. The summed E-state index contributed by atoms with van der Waals surface area (Å²) in [5.41, 5.74) is 18.6. The molecular formula is C53H85N9O. The van der Waals surface area contributed by atoms with Gasteiger partial charge in [0.1, 0.15) is 18.0 Å². The number of amides is 1. The van der Waals surface area contributed by atoms with Crippen LogP contribution in [0.1, 0.15) is 208 Å². The number of nitrogens with one attached hydrogen (secondary N) is 3. The minimum absolute atomic E-state index is 0.290. The lowest BCUT2D eigenvalue weighted by molar-refractivity contribution is -0.132. The second-order valence-electron chi connectivity index (χ2n) is 18.1. The van der Waals surface area contributed by atoms with Crippen LogP contribution >= 0.6 is 0 Å². The van der Waals surface area contributed by atoms with Crippen LogP contribution in [0.2, 0.25) is 0 Å². The molecule has 0 aliphatic carbocycles. The number of hydrogen-bond acceptors (Lipinski definition) is 8. The molecule has 1 aliphatic heterocycles. The summed E-state index contributed by atoms with van der Waals surface area (Å²) < 4.78 is 0. The van der Waals surface area contributed by atoms with Gasteiger partial charge in [-0.3, -0.25) is 10.2 Å². The molecule has 3 aromatic rings. The van der Waals surface area contributed by atoms with Crippen LogP contribution in [0, 0.1) is 5.41 Å². The van der Waals surface area contributed by atoms with Gasteiger partial charge in [-0.25, -0.2) is 15.0 Å². The van der Waals surface area contributed by atoms with Gasteiger partial charge in [0.2, 0.25) is 5.91 Å². The minimum Gasteiger partial charge on any atom is -0.387 e. The number of carbonyl (C=O) groups excluding carboxylic acids is 1. The van der Waals surface area contributed by atoms with Gasteiger partial charge >= 0.3 is 0 Å². The van der Waals surface area contributed by atoms with Crippen LogP contribution in [0.25, 0.3) is 0 Å². The number of aromatic nitrogens is 2. The number of amidine groups is 1. The smallest absolute Gasteiger partial charge is 0.222 e. The number of carbonyl (C=O) groups is 1. The molecule has 4 rings (SSSR count). The van der Waals surface area contributed by atoms with Crippen LogP contribution in [0.4, 0.5) is 17.3 Å². The number of benzene rings is 2. The molecule has 2 heterocycles. The monoisotopic (exact) mass is 864 g/mol. The van der Waals surface area contributed by atoms with Crippen LogP contribution in [-0.2, 0) is 30.7 Å². The van der Waals surface area contributed by atoms with Gasteiger partial charge in [0, 0.05) is 38.7 Å². The lowest BCUT2D eigenvalue weighted by Crippen LogP contribution is -2.35. The van der Waals surface area contributed by atoms with Gasteiger partial charge in [-0.2, -0.15) is 0 Å². The molecule has 0 radical (unpaired) electrons. The molecule has 10 nitrogen and oxygen atoms in total. The summed E-state index contributed by atoms with van der Waals surface area (Å²) in [7, 11) is 1.80. The summed E-state index contributed by atoms with van der Waals surface area (Å²) in [5.74, 6) is 1.93. The zero-order chi connectivity index (χ0) is 44.9. The third-order valence-corrected chi connectivity index (χ3v) is 12.8. The predicted molar refractivity (Wildman–Crippen MR) is 268 cm³/mol. The van der Waals surface area contributed by atoms with E-state index in [0.29, 0.717) is 59.7 Å². The highest BCUT2D eigenvalue weighted by atomic mass is 16.2. The lowest BCUT2D eigenvalue weighted by Gasteiger charge is -2.29. The van der Waals surface area contributed by atoms with Crippen molar-refractivity contribution in [3.8, 4) is 0 Å². The fourth-order valence-corrected chi connectivity index (χ4v) is 8.99. The van der Waals surface area contributed by atoms with E-state index in [0.717, 1.165) is 55.6 Å². The number of anilines is 2. The normalized spacial score (nSPS) is 12.7. The van der Waals surface area contributed by atoms with Gasteiger partial charge in [0.05, 0.1) is 22.8 Å². The van der Waals surface area contributed by atoms with Crippen molar-refractivity contribution >= 4 is 34.8 Å². The minimum atomic E-state index is 0.290. The molecule has 1 aliphatic rings. The first-order valence-electron chi connectivity index (χ1n) is 25.2. The van der Waals surface area contributed by atoms with Gasteiger partial charge in [0.25, 0.3) is 0 Å². The fraction of sp³-hybridized carbons (Fsp3) is 0.642. The number of nitrogens with two attached hydrogens (primary N) is 2. The van der Waals surface area contributed by atoms with Crippen LogP contribution in [0.15, 0.2) is 47.7 Å². The summed E-state index contributed by atoms with van der Waals surface area (Å²) in [6.07, 6.45) is 36.5. The Labute approximate surface area is 382 Å². The van der Waals surface area contributed by atoms with Crippen molar-refractivity contribution in [3.05, 3.63) is 76.1 Å². The Balaban J connectivity index is 1.04. The van der Waals surface area contributed by atoms with Crippen LogP contribution < -0.4 is 22.1 Å². The Kier molecular flexibility index (Phi) is 25.0. The van der Waals surface area contributed by atoms with E-state index in [1.165, 1.54) is 159 Å². The SMILES string of the molecule is CCc1ccc(C(=N)c2c(NC)ncnc2NCc2ccc3c(c2)CCN(C(=O)CCCCCCCCCCCCCCCCCCCCCCCCCCN)C3)cc1/N=C(\C)N. The van der Waals surface area contributed by atoms with Crippen LogP contribution in [0.3, 0.4) is 0 Å². The van der Waals surface area contributed by atoms with E-state index in [9.17, 15) is 10.2 Å². The van der Waals surface area contributed by atoms with E-state index in [-0.39, 0.29) is 0 Å². The first kappa shape index (κ1) is 51.3. The van der Waals surface area contributed by atoms with E-state index in [1.807, 2.05) is 23.1 Å². The Hall–Kier alpha value is -4.31. The quantitative estimate of drug-likeness (QED) is 0.0227. The first-order valence-corrected chi connectivity index (χ1v) is 25.2. The molecule has 1 amide bonds. The highest BCUT2D eigenvalue weighted by Crippen LogP contribution is 2.29. The molecule has 10 heteroatoms. The number of aliphatic imine (C=N–C) groups is 1. The predicted octanol–water partition coefficient (Wildman–Crippen LogP) is 12.7. The Morgan fingerprint density at radius 2 is 1.27 bits per heavy atom. The maximum atomic E-state index is 13.2. The topological polar surface area (TPSA) is 158 Å². The molecule has 0 saturated heterocycles. The summed E-state index contributed by atoms with van der Waals surface area (Å²) in [6, 6.07) is 12.4. The Bertz CT molecular complexity index is 1800. The zero-order valence-electron chi connectivity index (χ0n) is 39.8. The van der Waals surface area contributed by atoms with Gasteiger partial charge in [0.15, 0.2) is 0 Å². The van der Waals surface area contributed by atoms with Crippen molar-refractivity contribution in [1.29, 1.82) is 5.41 Å². The van der Waals surface area contributed by atoms with Gasteiger partial charge in [-0.1, -0.05) is 179 Å². The molecule has 2 aromatic carbocycles. The van der Waals surface area contributed by atoms with E-state index in [2.05, 4.69) is 50.7 Å². The van der Waals surface area contributed by atoms with Gasteiger partial charge in [-0.05, 0) is 67.5 Å². The molecule has 0 fully saturated rings. The fourth-order valence-electron chi connectivity index (χ4n) is 8.99. The third kappa shape index (κ3) is 19.1. The summed E-state index contributed by atoms with van der Waals surface area (Å²) in [6.45, 7) is 6.70. The molecule has 0 saturated carbocycles. The van der Waals surface area contributed by atoms with Gasteiger partial charge in [-0.15, -0.1) is 0 Å². The second kappa shape index (κ2) is 30.7. The van der Waals surface area contributed by atoms with Crippen molar-refractivity contribution in [2.24, 2.45) is 16.5 Å².